The Hall–Kier alpha value is -4.03. The van der Waals surface area contributed by atoms with E-state index in [0.29, 0.717) is 4.91 Å². The first-order valence-electron chi connectivity index (χ1n) is 11.4. The highest BCUT2D eigenvalue weighted by molar-refractivity contribution is 8.06. The molecular weight excluding hydrogens is 478 g/mol. The summed E-state index contributed by atoms with van der Waals surface area (Å²) in [7, 11) is 0. The fraction of sp³-hybridized carbons (Fsp3) is 0.259. The van der Waals surface area contributed by atoms with E-state index in [1.165, 1.54) is 22.9 Å². The van der Waals surface area contributed by atoms with Gasteiger partial charge in [0.2, 0.25) is 6.41 Å². The van der Waals surface area contributed by atoms with Crippen molar-refractivity contribution in [2.75, 3.05) is 18.5 Å². The van der Waals surface area contributed by atoms with E-state index in [-0.39, 0.29) is 18.0 Å². The van der Waals surface area contributed by atoms with Crippen molar-refractivity contribution in [1.29, 1.82) is 5.26 Å². The number of amides is 1. The second kappa shape index (κ2) is 12.6. The van der Waals surface area contributed by atoms with Gasteiger partial charge >= 0.3 is 11.9 Å². The summed E-state index contributed by atoms with van der Waals surface area (Å²) in [5, 5.41) is 22.2. The Morgan fingerprint density at radius 3 is 2.83 bits per heavy atom. The zero-order valence-electron chi connectivity index (χ0n) is 20.0. The van der Waals surface area contributed by atoms with Gasteiger partial charge in [-0.15, -0.1) is 0 Å². The monoisotopic (exact) mass is 505 g/mol. The van der Waals surface area contributed by atoms with Gasteiger partial charge in [-0.3, -0.25) is 14.5 Å². The van der Waals surface area contributed by atoms with E-state index in [1.807, 2.05) is 18.2 Å². The molecule has 8 nitrogen and oxygen atoms in total. The van der Waals surface area contributed by atoms with E-state index in [2.05, 4.69) is 30.1 Å². The molecule has 1 amide bonds. The molecule has 3 rings (SSSR count). The van der Waals surface area contributed by atoms with E-state index in [9.17, 15) is 24.8 Å². The maximum absolute atomic E-state index is 12.4. The third-order valence-corrected chi connectivity index (χ3v) is 6.63. The van der Waals surface area contributed by atoms with Gasteiger partial charge in [-0.05, 0) is 78.5 Å². The zero-order valence-corrected chi connectivity index (χ0v) is 20.8. The normalized spacial score (nSPS) is 15.3. The van der Waals surface area contributed by atoms with E-state index in [4.69, 9.17) is 4.74 Å². The number of nitrogens with one attached hydrogen (secondary N) is 1. The van der Waals surface area contributed by atoms with Gasteiger partial charge in [0.25, 0.3) is 0 Å². The molecule has 0 atom stereocenters. The highest BCUT2D eigenvalue weighted by Gasteiger charge is 2.24. The molecule has 0 spiro atoms. The van der Waals surface area contributed by atoms with Crippen molar-refractivity contribution in [1.82, 2.24) is 4.90 Å². The lowest BCUT2D eigenvalue weighted by atomic mass is 9.97. The summed E-state index contributed by atoms with van der Waals surface area (Å²) in [6.45, 7) is 4.37. The zero-order chi connectivity index (χ0) is 26.1. The van der Waals surface area contributed by atoms with Crippen LogP contribution in [0.3, 0.4) is 0 Å². The summed E-state index contributed by atoms with van der Waals surface area (Å²) in [6.07, 6.45) is 11.8. The minimum absolute atomic E-state index is 0.113. The summed E-state index contributed by atoms with van der Waals surface area (Å²) < 4.78 is 4.96. The molecule has 0 radical (unpaired) electrons. The van der Waals surface area contributed by atoms with Gasteiger partial charge in [0.05, 0.1) is 0 Å². The van der Waals surface area contributed by atoms with Crippen molar-refractivity contribution >= 4 is 41.9 Å². The molecule has 0 aromatic heterocycles. The lowest BCUT2D eigenvalue weighted by molar-refractivity contribution is -0.140. The number of thioether (sulfide) groups is 1. The Labute approximate surface area is 214 Å². The standard InChI is InChI=1S/C27H27N3O5S/c1-3-12-35-27(34)22(15-28)26(30(17-31)16-25(32)33)36-18(2)13-19-8-11-24-21(14-19)10-9-20-6-4-5-7-23(20)29-24/h3,5,7-8,11,13-14,17,29H,1,4,6,9-10,12,16H2,2H3,(H,32,33)/b18-13-,26-22+. The third-order valence-electron chi connectivity index (χ3n) is 5.56. The second-order valence-electron chi connectivity index (χ2n) is 8.16. The van der Waals surface area contributed by atoms with Crippen LogP contribution in [-0.4, -0.2) is 41.5 Å². The van der Waals surface area contributed by atoms with Gasteiger partial charge in [0, 0.05) is 11.4 Å². The molecule has 9 heteroatoms. The molecule has 0 saturated heterocycles. The molecule has 1 aliphatic carbocycles. The van der Waals surface area contributed by atoms with Crippen molar-refractivity contribution < 1.29 is 24.2 Å². The Morgan fingerprint density at radius 1 is 1.33 bits per heavy atom. The predicted molar refractivity (Wildman–Crippen MR) is 139 cm³/mol. The minimum Gasteiger partial charge on any atom is -0.480 e. The molecule has 1 aromatic rings. The van der Waals surface area contributed by atoms with Crippen LogP contribution in [0.4, 0.5) is 5.69 Å². The summed E-state index contributed by atoms with van der Waals surface area (Å²) in [5.41, 5.74) is 5.26. The van der Waals surface area contributed by atoms with Gasteiger partial charge in [-0.2, -0.15) is 5.26 Å². The minimum atomic E-state index is -1.29. The molecule has 36 heavy (non-hydrogen) atoms. The summed E-state index contributed by atoms with van der Waals surface area (Å²) in [5.74, 6) is -2.26. The second-order valence-corrected chi connectivity index (χ2v) is 9.40. The molecule has 0 saturated carbocycles. The van der Waals surface area contributed by atoms with Crippen LogP contribution in [-0.2, 0) is 25.5 Å². The van der Waals surface area contributed by atoms with Crippen LogP contribution in [0, 0.1) is 11.3 Å². The van der Waals surface area contributed by atoms with E-state index < -0.39 is 24.1 Å². The van der Waals surface area contributed by atoms with Gasteiger partial charge < -0.3 is 15.2 Å². The first-order chi connectivity index (χ1) is 17.4. The fourth-order valence-electron chi connectivity index (χ4n) is 3.92. The summed E-state index contributed by atoms with van der Waals surface area (Å²) in [6, 6.07) is 7.80. The molecule has 1 heterocycles. The Kier molecular flexibility index (Phi) is 9.31. The molecule has 2 N–H and O–H groups in total. The predicted octanol–water partition coefficient (Wildman–Crippen LogP) is 4.75. The number of benzene rings is 1. The van der Waals surface area contributed by atoms with Gasteiger partial charge in [-0.25, -0.2) is 4.79 Å². The fourth-order valence-corrected chi connectivity index (χ4v) is 4.88. The number of nitriles is 1. The molecule has 1 aromatic carbocycles. The number of hydrogen-bond donors (Lipinski definition) is 2. The molecule has 2 aliphatic rings. The van der Waals surface area contributed by atoms with Crippen molar-refractivity contribution in [2.24, 2.45) is 0 Å². The van der Waals surface area contributed by atoms with Crippen LogP contribution >= 0.6 is 11.8 Å². The molecule has 0 fully saturated rings. The molecule has 0 bridgehead atoms. The number of allylic oxidation sites excluding steroid dienone is 4. The number of ether oxygens (including phenoxy) is 1. The third kappa shape index (κ3) is 6.77. The molecule has 186 valence electrons. The summed E-state index contributed by atoms with van der Waals surface area (Å²) in [4.78, 5) is 36.9. The number of carbonyl (C=O) groups is 3. The molecule has 0 unspecified atom stereocenters. The SMILES string of the molecule is C=CCOC(=O)/C(C#N)=C(/S/C(C)=C\c1ccc2c(c1)CCC1=C(C=CCC1)N2)N(C=O)CC(=O)O. The highest BCUT2D eigenvalue weighted by atomic mass is 32.2. The number of rotatable bonds is 10. The number of carboxylic acid groups (broad SMARTS) is 1. The number of carbonyl (C=O) groups excluding carboxylic acids is 2. The average molecular weight is 506 g/mol. The van der Waals surface area contributed by atoms with E-state index in [0.717, 1.165) is 53.6 Å². The number of aliphatic carboxylic acids is 1. The quantitative estimate of drug-likeness (QED) is 0.154. The average Bonchev–Trinajstić information content (AvgIpc) is 3.04. The van der Waals surface area contributed by atoms with Crippen LogP contribution < -0.4 is 5.32 Å². The van der Waals surface area contributed by atoms with E-state index in [1.54, 1.807) is 13.0 Å². The van der Waals surface area contributed by atoms with Gasteiger partial charge in [0.15, 0.2) is 5.57 Å². The van der Waals surface area contributed by atoms with Crippen LogP contribution in [0.1, 0.15) is 37.3 Å². The van der Waals surface area contributed by atoms with Crippen LogP contribution in [0.15, 0.2) is 69.8 Å². The number of aryl methyl sites for hydroxylation is 1. The molecular formula is C27H27N3O5S. The van der Waals surface area contributed by atoms with E-state index >= 15 is 0 Å². The number of anilines is 1. The smallest absolute Gasteiger partial charge is 0.351 e. The number of esters is 1. The number of hydrogen-bond acceptors (Lipinski definition) is 7. The van der Waals surface area contributed by atoms with Crippen LogP contribution in [0.5, 0.6) is 0 Å². The van der Waals surface area contributed by atoms with Crippen molar-refractivity contribution in [2.45, 2.75) is 32.6 Å². The first-order valence-corrected chi connectivity index (χ1v) is 12.2. The highest BCUT2D eigenvalue weighted by Crippen LogP contribution is 2.34. The van der Waals surface area contributed by atoms with Crippen molar-refractivity contribution in [3.8, 4) is 6.07 Å². The maximum atomic E-state index is 12.4. The number of fused-ring (bicyclic) bond motifs is 1. The first kappa shape index (κ1) is 26.6. The number of carboxylic acids is 1. The lowest BCUT2D eigenvalue weighted by Gasteiger charge is -2.20. The molecule has 1 aliphatic heterocycles. The Balaban J connectivity index is 1.90. The topological polar surface area (TPSA) is 120 Å². The Bertz CT molecular complexity index is 1240. The maximum Gasteiger partial charge on any atom is 0.351 e. The number of nitrogens with zero attached hydrogens (tertiary/aromatic N) is 2. The largest absolute Gasteiger partial charge is 0.480 e. The lowest BCUT2D eigenvalue weighted by Crippen LogP contribution is -2.29. The summed E-state index contributed by atoms with van der Waals surface area (Å²) >= 11 is 0.956. The Morgan fingerprint density at radius 2 is 2.14 bits per heavy atom. The van der Waals surface area contributed by atoms with Crippen LogP contribution in [0.2, 0.25) is 0 Å². The van der Waals surface area contributed by atoms with Gasteiger partial charge in [-0.1, -0.05) is 36.6 Å². The van der Waals surface area contributed by atoms with Crippen LogP contribution in [0.25, 0.3) is 6.08 Å². The van der Waals surface area contributed by atoms with Crippen molar-refractivity contribution in [3.05, 3.63) is 80.9 Å². The van der Waals surface area contributed by atoms with Gasteiger partial charge in [0.1, 0.15) is 24.2 Å². The van der Waals surface area contributed by atoms with Crippen molar-refractivity contribution in [3.63, 3.8) is 0 Å².